The van der Waals surface area contributed by atoms with Crippen molar-refractivity contribution in [3.63, 3.8) is 0 Å². The van der Waals surface area contributed by atoms with Crippen LogP contribution in [0.15, 0.2) is 27.8 Å². The Morgan fingerprint density at radius 3 is 2.92 bits per heavy atom. The third-order valence-electron chi connectivity index (χ3n) is 3.83. The van der Waals surface area contributed by atoms with E-state index in [0.717, 1.165) is 19.5 Å². The Hall–Kier alpha value is -2.22. The van der Waals surface area contributed by atoms with E-state index in [9.17, 15) is 9.90 Å². The molecule has 1 saturated heterocycles. The largest absolute Gasteiger partial charge is 0.467 e. The zero-order chi connectivity index (χ0) is 19.2. The number of likely N-dealkylation sites (tertiary alicyclic amines) is 1. The lowest BCUT2D eigenvalue weighted by Crippen LogP contribution is -2.44. The van der Waals surface area contributed by atoms with Crippen molar-refractivity contribution in [3.05, 3.63) is 24.2 Å². The number of aliphatic hydroxyl groups is 1. The highest BCUT2D eigenvalue weighted by molar-refractivity contribution is 5.80. The molecule has 1 amide bonds. The zero-order valence-electron chi connectivity index (χ0n) is 16.0. The van der Waals surface area contributed by atoms with Crippen molar-refractivity contribution in [3.8, 4) is 0 Å². The van der Waals surface area contributed by atoms with E-state index in [0.29, 0.717) is 18.3 Å². The fourth-order valence-corrected chi connectivity index (χ4v) is 2.71. The van der Waals surface area contributed by atoms with Gasteiger partial charge in [-0.1, -0.05) is 0 Å². The first kappa shape index (κ1) is 20.1. The molecule has 0 spiro atoms. The molecule has 0 radical (unpaired) electrons. The van der Waals surface area contributed by atoms with E-state index in [-0.39, 0.29) is 12.6 Å². The Bertz CT molecular complexity index is 595. The van der Waals surface area contributed by atoms with Gasteiger partial charge in [0.05, 0.1) is 18.8 Å². The highest BCUT2D eigenvalue weighted by atomic mass is 16.6. The second-order valence-corrected chi connectivity index (χ2v) is 7.30. The van der Waals surface area contributed by atoms with Crippen molar-refractivity contribution < 1.29 is 19.1 Å². The van der Waals surface area contributed by atoms with Gasteiger partial charge in [-0.3, -0.25) is 0 Å². The van der Waals surface area contributed by atoms with Gasteiger partial charge < -0.3 is 29.8 Å². The fourth-order valence-electron chi connectivity index (χ4n) is 2.71. The van der Waals surface area contributed by atoms with E-state index < -0.39 is 17.8 Å². The van der Waals surface area contributed by atoms with Crippen LogP contribution in [0.2, 0.25) is 0 Å². The van der Waals surface area contributed by atoms with Crippen molar-refractivity contribution in [2.45, 2.75) is 51.9 Å². The van der Waals surface area contributed by atoms with Crippen molar-refractivity contribution in [2.24, 2.45) is 4.99 Å². The quantitative estimate of drug-likeness (QED) is 0.543. The summed E-state index contributed by atoms with van der Waals surface area (Å²) in [7, 11) is 0. The van der Waals surface area contributed by atoms with E-state index in [4.69, 9.17) is 9.15 Å². The van der Waals surface area contributed by atoms with Gasteiger partial charge >= 0.3 is 6.09 Å². The van der Waals surface area contributed by atoms with Gasteiger partial charge in [0.15, 0.2) is 5.96 Å². The molecular formula is C18H30N4O4. The molecule has 1 aromatic rings. The minimum Gasteiger partial charge on any atom is -0.467 e. The number of furan rings is 1. The number of carbonyl (C=O) groups is 1. The molecule has 1 aliphatic heterocycles. The van der Waals surface area contributed by atoms with E-state index in [1.54, 1.807) is 12.1 Å². The number of aliphatic hydroxyl groups excluding tert-OH is 1. The second kappa shape index (κ2) is 8.93. The molecule has 0 aliphatic carbocycles. The molecular weight excluding hydrogens is 336 g/mol. The first-order chi connectivity index (χ1) is 12.3. The number of amides is 1. The lowest BCUT2D eigenvalue weighted by Gasteiger charge is -2.23. The number of hydrogen-bond acceptors (Lipinski definition) is 5. The van der Waals surface area contributed by atoms with Crippen molar-refractivity contribution in [1.82, 2.24) is 15.5 Å². The van der Waals surface area contributed by atoms with Crippen LogP contribution in [0.4, 0.5) is 4.79 Å². The summed E-state index contributed by atoms with van der Waals surface area (Å²) in [6.07, 6.45) is 1.15. The summed E-state index contributed by atoms with van der Waals surface area (Å²) in [6.45, 7) is 9.85. The van der Waals surface area contributed by atoms with Crippen LogP contribution >= 0.6 is 0 Å². The molecule has 2 unspecified atom stereocenters. The minimum absolute atomic E-state index is 0.00343. The highest BCUT2D eigenvalue weighted by Gasteiger charge is 2.28. The first-order valence-corrected chi connectivity index (χ1v) is 9.02. The summed E-state index contributed by atoms with van der Waals surface area (Å²) in [5.41, 5.74) is -0.513. The molecule has 146 valence electrons. The van der Waals surface area contributed by atoms with Gasteiger partial charge in [0.25, 0.3) is 0 Å². The van der Waals surface area contributed by atoms with Gasteiger partial charge in [0.2, 0.25) is 0 Å². The number of nitrogens with one attached hydrogen (secondary N) is 2. The smallest absolute Gasteiger partial charge is 0.407 e. The third kappa shape index (κ3) is 6.25. The summed E-state index contributed by atoms with van der Waals surface area (Å²) in [4.78, 5) is 18.5. The maximum absolute atomic E-state index is 11.9. The molecule has 0 bridgehead atoms. The SMILES string of the molecule is CCNC(=NCC(O)c1ccco1)N1CCC(NC(=O)OC(C)(C)C)C1. The third-order valence-corrected chi connectivity index (χ3v) is 3.83. The monoisotopic (exact) mass is 366 g/mol. The van der Waals surface area contributed by atoms with Gasteiger partial charge in [-0.25, -0.2) is 9.79 Å². The standard InChI is InChI=1S/C18H30N4O4/c1-5-19-16(20-11-14(23)15-7-6-10-25-15)22-9-8-13(12-22)21-17(24)26-18(2,3)4/h6-7,10,13-14,23H,5,8-9,11-12H2,1-4H3,(H,19,20)(H,21,24). The van der Waals surface area contributed by atoms with Gasteiger partial charge in [-0.15, -0.1) is 0 Å². The Morgan fingerprint density at radius 2 is 2.31 bits per heavy atom. The van der Waals surface area contributed by atoms with Crippen LogP contribution in [0.5, 0.6) is 0 Å². The lowest BCUT2D eigenvalue weighted by molar-refractivity contribution is 0.0507. The predicted octanol–water partition coefficient (Wildman–Crippen LogP) is 1.88. The van der Waals surface area contributed by atoms with E-state index >= 15 is 0 Å². The number of aliphatic imine (C=N–C) groups is 1. The van der Waals surface area contributed by atoms with Crippen LogP contribution in [0.1, 0.15) is 46.0 Å². The molecule has 3 N–H and O–H groups in total. The number of ether oxygens (including phenoxy) is 1. The fraction of sp³-hybridized carbons (Fsp3) is 0.667. The van der Waals surface area contributed by atoms with Crippen molar-refractivity contribution >= 4 is 12.1 Å². The molecule has 1 aliphatic rings. The molecule has 1 fully saturated rings. The molecule has 1 aromatic heterocycles. The summed E-state index contributed by atoms with van der Waals surface area (Å²) < 4.78 is 10.5. The summed E-state index contributed by atoms with van der Waals surface area (Å²) in [6, 6.07) is 3.47. The molecule has 8 nitrogen and oxygen atoms in total. The summed E-state index contributed by atoms with van der Waals surface area (Å²) in [5, 5.41) is 16.3. The van der Waals surface area contributed by atoms with Crippen LogP contribution in [-0.2, 0) is 4.74 Å². The van der Waals surface area contributed by atoms with Crippen LogP contribution in [-0.4, -0.2) is 59.9 Å². The van der Waals surface area contributed by atoms with E-state index in [1.807, 2.05) is 27.7 Å². The van der Waals surface area contributed by atoms with Crippen molar-refractivity contribution in [1.29, 1.82) is 0 Å². The van der Waals surface area contributed by atoms with E-state index in [2.05, 4.69) is 20.5 Å². The topological polar surface area (TPSA) is 99.3 Å². The Morgan fingerprint density at radius 1 is 1.54 bits per heavy atom. The maximum atomic E-state index is 11.9. The number of hydrogen-bond donors (Lipinski definition) is 3. The van der Waals surface area contributed by atoms with Crippen LogP contribution < -0.4 is 10.6 Å². The lowest BCUT2D eigenvalue weighted by atomic mass is 10.2. The Labute approximate surface area is 154 Å². The molecule has 0 saturated carbocycles. The predicted molar refractivity (Wildman–Crippen MR) is 99.0 cm³/mol. The van der Waals surface area contributed by atoms with E-state index in [1.165, 1.54) is 6.26 Å². The number of carbonyl (C=O) groups excluding carboxylic acids is 1. The van der Waals surface area contributed by atoms with Crippen LogP contribution in [0, 0.1) is 0 Å². The van der Waals surface area contributed by atoms with Gasteiger partial charge in [-0.05, 0) is 46.2 Å². The summed E-state index contributed by atoms with van der Waals surface area (Å²) in [5.74, 6) is 1.21. The Balaban J connectivity index is 1.90. The molecule has 0 aromatic carbocycles. The van der Waals surface area contributed by atoms with Crippen LogP contribution in [0.3, 0.4) is 0 Å². The highest BCUT2D eigenvalue weighted by Crippen LogP contribution is 2.15. The van der Waals surface area contributed by atoms with Gasteiger partial charge in [0.1, 0.15) is 17.5 Å². The average Bonchev–Trinajstić information content (AvgIpc) is 3.20. The minimum atomic E-state index is -0.781. The molecule has 2 atom stereocenters. The van der Waals surface area contributed by atoms with Crippen molar-refractivity contribution in [2.75, 3.05) is 26.2 Å². The Kier molecular flexibility index (Phi) is 6.90. The molecule has 2 heterocycles. The van der Waals surface area contributed by atoms with Gasteiger partial charge in [0, 0.05) is 19.6 Å². The van der Waals surface area contributed by atoms with Crippen LogP contribution in [0.25, 0.3) is 0 Å². The molecule has 26 heavy (non-hydrogen) atoms. The number of guanidine groups is 1. The van der Waals surface area contributed by atoms with Gasteiger partial charge in [-0.2, -0.15) is 0 Å². The second-order valence-electron chi connectivity index (χ2n) is 7.30. The molecule has 2 rings (SSSR count). The molecule has 8 heteroatoms. The number of nitrogens with zero attached hydrogens (tertiary/aromatic N) is 2. The zero-order valence-corrected chi connectivity index (χ0v) is 16.0. The first-order valence-electron chi connectivity index (χ1n) is 9.02. The number of rotatable bonds is 5. The normalized spacial score (nSPS) is 19.3. The average molecular weight is 366 g/mol. The number of alkyl carbamates (subject to hydrolysis) is 1. The summed E-state index contributed by atoms with van der Waals surface area (Å²) >= 11 is 0. The maximum Gasteiger partial charge on any atom is 0.407 e.